The van der Waals surface area contributed by atoms with E-state index in [0.29, 0.717) is 0 Å². The van der Waals surface area contributed by atoms with Crippen molar-refractivity contribution < 1.29 is 0 Å². The Kier molecular flexibility index (Phi) is 8.19. The molecule has 0 radical (unpaired) electrons. The zero-order chi connectivity index (χ0) is 41.4. The minimum absolute atomic E-state index is 1.22. The van der Waals surface area contributed by atoms with E-state index in [0.717, 1.165) is 0 Å². The van der Waals surface area contributed by atoms with Crippen LogP contribution in [0.2, 0.25) is 0 Å². The molecule has 0 amide bonds. The minimum Gasteiger partial charge on any atom is -0.135 e. The summed E-state index contributed by atoms with van der Waals surface area (Å²) in [5.74, 6) is 0. The number of hydrogen-bond acceptors (Lipinski definition) is 1. The maximum Gasteiger partial charge on any atom is 0.0434 e. The van der Waals surface area contributed by atoms with Crippen LogP contribution in [0.4, 0.5) is 0 Å². The smallest absolute Gasteiger partial charge is 0.0434 e. The third-order valence-electron chi connectivity index (χ3n) is 13.3. The first-order valence-corrected chi connectivity index (χ1v) is 22.6. The van der Waals surface area contributed by atoms with Crippen molar-refractivity contribution in [3.8, 4) is 55.6 Å². The quantitative estimate of drug-likeness (QED) is 0.152. The molecule has 13 aromatic rings. The van der Waals surface area contributed by atoms with E-state index in [1.165, 1.54) is 130 Å². The molecule has 12 aromatic carbocycles. The van der Waals surface area contributed by atoms with E-state index in [9.17, 15) is 0 Å². The molecule has 0 unspecified atom stereocenters. The van der Waals surface area contributed by atoms with Crippen LogP contribution < -0.4 is 0 Å². The van der Waals surface area contributed by atoms with Crippen molar-refractivity contribution in [3.63, 3.8) is 0 Å². The van der Waals surface area contributed by atoms with Crippen LogP contribution in [0.3, 0.4) is 0 Å². The summed E-state index contributed by atoms with van der Waals surface area (Å²) in [4.78, 5) is 0. The van der Waals surface area contributed by atoms with Crippen LogP contribution in [-0.2, 0) is 0 Å². The molecule has 292 valence electrons. The third kappa shape index (κ3) is 5.60. The summed E-state index contributed by atoms with van der Waals surface area (Å²) < 4.78 is 2.62. The lowest BCUT2D eigenvalue weighted by molar-refractivity contribution is 1.63. The Morgan fingerprint density at radius 2 is 0.619 bits per heavy atom. The van der Waals surface area contributed by atoms with Gasteiger partial charge in [0.15, 0.2) is 0 Å². The molecule has 0 saturated heterocycles. The highest BCUT2D eigenvalue weighted by Crippen LogP contribution is 2.50. The van der Waals surface area contributed by atoms with E-state index in [4.69, 9.17) is 0 Å². The van der Waals surface area contributed by atoms with Crippen LogP contribution in [0, 0.1) is 0 Å². The van der Waals surface area contributed by atoms with Crippen molar-refractivity contribution in [1.82, 2.24) is 0 Å². The van der Waals surface area contributed by atoms with Crippen LogP contribution in [0.1, 0.15) is 0 Å². The van der Waals surface area contributed by atoms with Gasteiger partial charge in [-0.2, -0.15) is 0 Å². The van der Waals surface area contributed by atoms with Crippen LogP contribution in [0.15, 0.2) is 231 Å². The predicted molar refractivity (Wildman–Crippen MR) is 274 cm³/mol. The summed E-state index contributed by atoms with van der Waals surface area (Å²) >= 11 is 1.91. The Labute approximate surface area is 369 Å². The first-order valence-electron chi connectivity index (χ1n) is 21.8. The molecule has 0 nitrogen and oxygen atoms in total. The Bertz CT molecular complexity index is 3830. The highest BCUT2D eigenvalue weighted by atomic mass is 32.1. The average Bonchev–Trinajstić information content (AvgIpc) is 3.73. The van der Waals surface area contributed by atoms with E-state index in [-0.39, 0.29) is 0 Å². The molecule has 0 saturated carbocycles. The van der Waals surface area contributed by atoms with Crippen molar-refractivity contribution in [2.24, 2.45) is 0 Å². The van der Waals surface area contributed by atoms with E-state index in [2.05, 4.69) is 231 Å². The van der Waals surface area contributed by atoms with Gasteiger partial charge in [0.2, 0.25) is 0 Å². The maximum atomic E-state index is 2.45. The van der Waals surface area contributed by atoms with Crippen LogP contribution in [0.25, 0.3) is 130 Å². The maximum absolute atomic E-state index is 2.45. The summed E-state index contributed by atoms with van der Waals surface area (Å²) in [6, 6.07) is 85.4. The fourth-order valence-electron chi connectivity index (χ4n) is 10.5. The Morgan fingerprint density at radius 1 is 0.222 bits per heavy atom. The number of rotatable bonds is 5. The summed E-state index contributed by atoms with van der Waals surface area (Å²) in [7, 11) is 0. The lowest BCUT2D eigenvalue weighted by atomic mass is 9.85. The molecule has 0 atom stereocenters. The van der Waals surface area contributed by atoms with E-state index in [1.807, 2.05) is 11.3 Å². The Hall–Kier alpha value is -7.84. The second-order valence-corrected chi connectivity index (χ2v) is 17.7. The fourth-order valence-corrected chi connectivity index (χ4v) is 11.7. The van der Waals surface area contributed by atoms with Gasteiger partial charge in [0.25, 0.3) is 0 Å². The number of fused-ring (bicyclic) bond motifs is 8. The summed E-state index contributed by atoms with van der Waals surface area (Å²) in [5, 5.41) is 15.3. The first-order chi connectivity index (χ1) is 31.3. The second-order valence-electron chi connectivity index (χ2n) is 16.6. The van der Waals surface area contributed by atoms with Gasteiger partial charge in [-0.25, -0.2) is 0 Å². The van der Waals surface area contributed by atoms with Gasteiger partial charge in [-0.1, -0.05) is 218 Å². The highest BCUT2D eigenvalue weighted by molar-refractivity contribution is 7.26. The zero-order valence-electron chi connectivity index (χ0n) is 34.3. The molecule has 0 aliphatic rings. The molecular formula is C62H38S. The average molecular weight is 815 g/mol. The van der Waals surface area contributed by atoms with Crippen LogP contribution in [0.5, 0.6) is 0 Å². The summed E-state index contributed by atoms with van der Waals surface area (Å²) in [6.45, 7) is 0. The Balaban J connectivity index is 1.000. The van der Waals surface area contributed by atoms with Gasteiger partial charge >= 0.3 is 0 Å². The van der Waals surface area contributed by atoms with Crippen molar-refractivity contribution in [2.75, 3.05) is 0 Å². The van der Waals surface area contributed by atoms with Gasteiger partial charge in [0, 0.05) is 25.7 Å². The normalized spacial score (nSPS) is 11.8. The largest absolute Gasteiger partial charge is 0.135 e. The van der Waals surface area contributed by atoms with Gasteiger partial charge in [0.05, 0.1) is 0 Å². The van der Waals surface area contributed by atoms with Gasteiger partial charge in [-0.15, -0.1) is 11.3 Å². The van der Waals surface area contributed by atoms with Crippen molar-refractivity contribution >= 4 is 85.4 Å². The number of thiophene rings is 1. The predicted octanol–water partition coefficient (Wildman–Crippen LogP) is 18.2. The van der Waals surface area contributed by atoms with Crippen LogP contribution >= 0.6 is 11.3 Å². The minimum atomic E-state index is 1.22. The van der Waals surface area contributed by atoms with Crippen molar-refractivity contribution in [3.05, 3.63) is 231 Å². The molecule has 0 aliphatic carbocycles. The van der Waals surface area contributed by atoms with Gasteiger partial charge < -0.3 is 0 Å². The topological polar surface area (TPSA) is 0 Å². The van der Waals surface area contributed by atoms with Gasteiger partial charge in [-0.3, -0.25) is 0 Å². The molecule has 0 bridgehead atoms. The molecule has 1 aromatic heterocycles. The standard InChI is InChI=1S/C62H38S/c1-2-17-41(18-3-1)58-46-21-6-8-23-48(46)60(49-24-9-7-22-47(49)58)43-36-37-57-56(38-43)54-30-15-31-55(62(54)63-57)61-52-27-12-10-25-50(52)59(51-26-11-13-28-53(51)61)42-34-32-40(33-35-42)45-29-14-19-39-16-4-5-20-44(39)45/h1-38H. The van der Waals surface area contributed by atoms with Gasteiger partial charge in [0.1, 0.15) is 0 Å². The summed E-state index contributed by atoms with van der Waals surface area (Å²) in [5.41, 5.74) is 12.6. The zero-order valence-corrected chi connectivity index (χ0v) is 35.2. The highest BCUT2D eigenvalue weighted by Gasteiger charge is 2.21. The lowest BCUT2D eigenvalue weighted by Gasteiger charge is -2.18. The first kappa shape index (κ1) is 35.9. The van der Waals surface area contributed by atoms with Crippen molar-refractivity contribution in [1.29, 1.82) is 0 Å². The van der Waals surface area contributed by atoms with E-state index >= 15 is 0 Å². The molecule has 0 spiro atoms. The van der Waals surface area contributed by atoms with Gasteiger partial charge in [-0.05, 0) is 116 Å². The number of benzene rings is 12. The van der Waals surface area contributed by atoms with Crippen LogP contribution in [-0.4, -0.2) is 0 Å². The Morgan fingerprint density at radius 3 is 1.21 bits per heavy atom. The molecule has 13 rings (SSSR count). The molecule has 0 N–H and O–H groups in total. The molecule has 1 heterocycles. The third-order valence-corrected chi connectivity index (χ3v) is 14.5. The van der Waals surface area contributed by atoms with E-state index < -0.39 is 0 Å². The van der Waals surface area contributed by atoms with E-state index in [1.54, 1.807) is 0 Å². The molecule has 0 fully saturated rings. The second kappa shape index (κ2) is 14.4. The molecule has 1 heteroatoms. The van der Waals surface area contributed by atoms with Crippen molar-refractivity contribution in [2.45, 2.75) is 0 Å². The monoisotopic (exact) mass is 814 g/mol. The molecule has 63 heavy (non-hydrogen) atoms. The lowest BCUT2D eigenvalue weighted by Crippen LogP contribution is -1.91. The number of hydrogen-bond donors (Lipinski definition) is 0. The SMILES string of the molecule is c1ccc(-c2c3ccccc3c(-c3ccc4sc5c(-c6c7ccccc7c(-c7ccc(-c8cccc9ccccc89)cc7)c7ccccc67)cccc5c4c3)c3ccccc23)cc1. The fraction of sp³-hybridized carbons (Fsp3) is 0. The molecule has 0 aliphatic heterocycles. The summed E-state index contributed by atoms with van der Waals surface area (Å²) in [6.07, 6.45) is 0. The molecular weight excluding hydrogens is 777 g/mol.